The third kappa shape index (κ3) is 4.44. The molecule has 0 aliphatic rings. The van der Waals surface area contributed by atoms with Gasteiger partial charge in [0.25, 0.3) is 0 Å². The Hall–Kier alpha value is -6.06. The first-order valence-electron chi connectivity index (χ1n) is 15.7. The molecule has 0 saturated heterocycles. The summed E-state index contributed by atoms with van der Waals surface area (Å²) in [6.45, 7) is 5.49. The van der Waals surface area contributed by atoms with Crippen molar-refractivity contribution in [1.29, 1.82) is 0 Å². The van der Waals surface area contributed by atoms with Crippen LogP contribution >= 0.6 is 0 Å². The van der Waals surface area contributed by atoms with Gasteiger partial charge in [0.2, 0.25) is 0 Å². The molecular weight excluding hydrogens is 558 g/mol. The van der Waals surface area contributed by atoms with Gasteiger partial charge < -0.3 is 14.1 Å². The fourth-order valence-corrected chi connectivity index (χ4v) is 6.79. The summed E-state index contributed by atoms with van der Waals surface area (Å²) in [5, 5.41) is 7.58. The van der Waals surface area contributed by atoms with Crippen LogP contribution in [-0.2, 0) is 0 Å². The number of rotatable bonds is 4. The second-order valence-corrected chi connectivity index (χ2v) is 11.5. The number of H-pyrrole nitrogens is 1. The van der Waals surface area contributed by atoms with Gasteiger partial charge in [-0.1, -0.05) is 110 Å². The maximum Gasteiger partial charge on any atom is 0.0562 e. The molecule has 0 fully saturated rings. The largest absolute Gasteiger partial charge is 0.355 e. The van der Waals surface area contributed by atoms with Gasteiger partial charge in [0.05, 0.1) is 22.1 Å². The van der Waals surface area contributed by atoms with Gasteiger partial charge in [-0.2, -0.15) is 0 Å². The molecule has 0 atom stereocenters. The summed E-state index contributed by atoms with van der Waals surface area (Å²) in [6, 6.07) is 48.3. The van der Waals surface area contributed by atoms with Gasteiger partial charge in [-0.3, -0.25) is 0 Å². The van der Waals surface area contributed by atoms with E-state index in [-0.39, 0.29) is 0 Å². The van der Waals surface area contributed by atoms with E-state index < -0.39 is 0 Å². The average Bonchev–Trinajstić information content (AvgIpc) is 3.75. The number of aromatic amines is 1. The van der Waals surface area contributed by atoms with Crippen molar-refractivity contribution in [2.45, 2.75) is 6.92 Å². The molecule has 0 bridgehead atoms. The van der Waals surface area contributed by atoms with E-state index in [1.54, 1.807) is 6.08 Å². The molecule has 9 aromatic rings. The number of aromatic nitrogens is 3. The predicted molar refractivity (Wildman–Crippen MR) is 199 cm³/mol. The number of nitrogens with zero attached hydrogens (tertiary/aromatic N) is 2. The lowest BCUT2D eigenvalue weighted by Gasteiger charge is -2.10. The van der Waals surface area contributed by atoms with Gasteiger partial charge in [0.15, 0.2) is 0 Å². The van der Waals surface area contributed by atoms with Crippen LogP contribution in [0.1, 0.15) is 6.92 Å². The molecule has 3 heterocycles. The standard InChI is InChI=1S/C36H23N3.C7H10/c1-2-10-23(11-3-1)38-33-16-8-5-13-26(33)29-21-30-27-14-6-9-17-34(27)39(36(30)22-35(29)38)24-18-19-32-28(20-24)25-12-4-7-15-31(25)37-32;1-3-5-7-6-4-2/h1-22,37H;3-7H,1H2,2H3/b;6-4-,7-5-. The molecule has 0 radical (unpaired) electrons. The Kier molecular flexibility index (Phi) is 6.85. The zero-order valence-electron chi connectivity index (χ0n) is 25.7. The normalized spacial score (nSPS) is 11.9. The van der Waals surface area contributed by atoms with Crippen LogP contribution in [0.15, 0.2) is 170 Å². The summed E-state index contributed by atoms with van der Waals surface area (Å²) in [6.07, 6.45) is 9.51. The number of fused-ring (bicyclic) bond motifs is 9. The van der Waals surface area contributed by atoms with Crippen molar-refractivity contribution < 1.29 is 0 Å². The highest BCUT2D eigenvalue weighted by molar-refractivity contribution is 6.19. The predicted octanol–water partition coefficient (Wildman–Crippen LogP) is 11.8. The van der Waals surface area contributed by atoms with Crippen molar-refractivity contribution >= 4 is 65.4 Å². The Labute approximate surface area is 267 Å². The summed E-state index contributed by atoms with van der Waals surface area (Å²) in [4.78, 5) is 3.58. The molecule has 0 saturated carbocycles. The topological polar surface area (TPSA) is 25.6 Å². The molecule has 3 nitrogen and oxygen atoms in total. The number of para-hydroxylation sites is 4. The Bertz CT molecular complexity index is 2600. The third-order valence-electron chi connectivity index (χ3n) is 8.78. The van der Waals surface area contributed by atoms with Crippen molar-refractivity contribution in [2.75, 3.05) is 0 Å². The zero-order valence-corrected chi connectivity index (χ0v) is 25.7. The van der Waals surface area contributed by atoms with Crippen LogP contribution in [0.4, 0.5) is 0 Å². The van der Waals surface area contributed by atoms with Gasteiger partial charge in [-0.05, 0) is 67.6 Å². The van der Waals surface area contributed by atoms with E-state index in [2.05, 4.69) is 154 Å². The second-order valence-electron chi connectivity index (χ2n) is 11.5. The van der Waals surface area contributed by atoms with Gasteiger partial charge in [-0.15, -0.1) is 0 Å². The van der Waals surface area contributed by atoms with Crippen LogP contribution in [0.2, 0.25) is 0 Å². The molecule has 0 unspecified atom stereocenters. The molecule has 6 aromatic carbocycles. The Morgan fingerprint density at radius 2 is 1.04 bits per heavy atom. The lowest BCUT2D eigenvalue weighted by Crippen LogP contribution is -1.95. The summed E-state index contributed by atoms with van der Waals surface area (Å²) in [7, 11) is 0. The lowest BCUT2D eigenvalue weighted by atomic mass is 10.1. The SMILES string of the molecule is C=C/C=C\C=C/C.c1ccc(-n2c3ccccc3c3cc4c5ccccc5n(-c5ccc6[nH]c7ccccc7c6c5)c4cc32)cc1. The molecule has 9 rings (SSSR count). The number of benzene rings is 6. The average molecular weight is 592 g/mol. The monoisotopic (exact) mass is 591 g/mol. The molecule has 0 aliphatic heterocycles. The van der Waals surface area contributed by atoms with Gasteiger partial charge in [0, 0.05) is 54.7 Å². The van der Waals surface area contributed by atoms with E-state index in [0.717, 1.165) is 5.52 Å². The van der Waals surface area contributed by atoms with E-state index in [0.29, 0.717) is 0 Å². The van der Waals surface area contributed by atoms with Gasteiger partial charge in [-0.25, -0.2) is 0 Å². The number of allylic oxidation sites excluding steroid dienone is 5. The third-order valence-corrected chi connectivity index (χ3v) is 8.78. The zero-order chi connectivity index (χ0) is 31.0. The maximum absolute atomic E-state index is 3.58. The van der Waals surface area contributed by atoms with E-state index in [1.807, 2.05) is 31.2 Å². The summed E-state index contributed by atoms with van der Waals surface area (Å²) < 4.78 is 4.83. The number of hydrogen-bond donors (Lipinski definition) is 1. The van der Waals surface area contributed by atoms with Crippen molar-refractivity contribution in [3.8, 4) is 11.4 Å². The summed E-state index contributed by atoms with van der Waals surface area (Å²) >= 11 is 0. The minimum absolute atomic E-state index is 1.16. The summed E-state index contributed by atoms with van der Waals surface area (Å²) in [5.41, 5.74) is 9.53. The highest BCUT2D eigenvalue weighted by Crippen LogP contribution is 2.40. The highest BCUT2D eigenvalue weighted by atomic mass is 15.0. The van der Waals surface area contributed by atoms with Crippen molar-refractivity contribution in [3.63, 3.8) is 0 Å². The Balaban J connectivity index is 0.000000404. The van der Waals surface area contributed by atoms with Crippen LogP contribution in [0.25, 0.3) is 76.8 Å². The molecule has 0 amide bonds. The van der Waals surface area contributed by atoms with Gasteiger partial charge >= 0.3 is 0 Å². The number of nitrogens with one attached hydrogen (secondary N) is 1. The molecule has 3 aromatic heterocycles. The fourth-order valence-electron chi connectivity index (χ4n) is 6.79. The number of hydrogen-bond acceptors (Lipinski definition) is 0. The Morgan fingerprint density at radius 1 is 0.457 bits per heavy atom. The quantitative estimate of drug-likeness (QED) is 0.197. The van der Waals surface area contributed by atoms with E-state index in [9.17, 15) is 0 Å². The fraction of sp³-hybridized carbons (Fsp3) is 0.0233. The highest BCUT2D eigenvalue weighted by Gasteiger charge is 2.18. The molecule has 3 heteroatoms. The smallest absolute Gasteiger partial charge is 0.0562 e. The Morgan fingerprint density at radius 3 is 1.72 bits per heavy atom. The molecule has 0 aliphatic carbocycles. The van der Waals surface area contributed by atoms with Crippen LogP contribution < -0.4 is 0 Å². The molecular formula is C43H33N3. The van der Waals surface area contributed by atoms with E-state index >= 15 is 0 Å². The van der Waals surface area contributed by atoms with Crippen molar-refractivity contribution in [1.82, 2.24) is 14.1 Å². The van der Waals surface area contributed by atoms with Crippen LogP contribution in [0, 0.1) is 0 Å². The van der Waals surface area contributed by atoms with E-state index in [4.69, 9.17) is 0 Å². The second kappa shape index (κ2) is 11.5. The first-order chi connectivity index (χ1) is 22.8. The minimum Gasteiger partial charge on any atom is -0.355 e. The summed E-state index contributed by atoms with van der Waals surface area (Å²) in [5.74, 6) is 0. The lowest BCUT2D eigenvalue weighted by molar-refractivity contribution is 1.17. The van der Waals surface area contributed by atoms with Crippen LogP contribution in [0.5, 0.6) is 0 Å². The molecule has 1 N–H and O–H groups in total. The van der Waals surface area contributed by atoms with E-state index in [1.165, 1.54) is 71.3 Å². The van der Waals surface area contributed by atoms with Crippen molar-refractivity contribution in [2.24, 2.45) is 0 Å². The first kappa shape index (κ1) is 27.5. The molecule has 220 valence electrons. The van der Waals surface area contributed by atoms with Crippen LogP contribution in [-0.4, -0.2) is 14.1 Å². The first-order valence-corrected chi connectivity index (χ1v) is 15.7. The maximum atomic E-state index is 3.58. The minimum atomic E-state index is 1.16. The van der Waals surface area contributed by atoms with Crippen LogP contribution in [0.3, 0.4) is 0 Å². The molecule has 0 spiro atoms. The van der Waals surface area contributed by atoms with Gasteiger partial charge in [0.1, 0.15) is 0 Å². The van der Waals surface area contributed by atoms with Crippen molar-refractivity contribution in [3.05, 3.63) is 170 Å². The molecule has 46 heavy (non-hydrogen) atoms.